The molecule has 0 saturated carbocycles. The predicted octanol–water partition coefficient (Wildman–Crippen LogP) is 6.86. The van der Waals surface area contributed by atoms with Crippen LogP contribution >= 0.6 is 22.7 Å². The van der Waals surface area contributed by atoms with Crippen LogP contribution in [0.15, 0.2) is 34.8 Å². The molecular weight excluding hydrogens is 514 g/mol. The van der Waals surface area contributed by atoms with Crippen LogP contribution in [0.5, 0.6) is 0 Å². The van der Waals surface area contributed by atoms with Crippen LogP contribution in [0.4, 0.5) is 5.00 Å². The summed E-state index contributed by atoms with van der Waals surface area (Å²) in [5.41, 5.74) is 10.3. The summed E-state index contributed by atoms with van der Waals surface area (Å²) in [4.78, 5) is 32.2. The minimum atomic E-state index is -0.482. The fourth-order valence-corrected chi connectivity index (χ4v) is 8.41. The van der Waals surface area contributed by atoms with Crippen molar-refractivity contribution >= 4 is 39.4 Å². The van der Waals surface area contributed by atoms with Crippen molar-refractivity contribution in [2.45, 2.75) is 90.4 Å². The fourth-order valence-electron chi connectivity index (χ4n) is 5.81. The van der Waals surface area contributed by atoms with Gasteiger partial charge in [0.2, 0.25) is 0 Å². The first-order valence-electron chi connectivity index (χ1n) is 13.5. The number of anilines is 1. The first-order chi connectivity index (χ1) is 18.2. The lowest BCUT2D eigenvalue weighted by atomic mass is 9.78. The molecule has 1 atom stereocenters. The van der Waals surface area contributed by atoms with Gasteiger partial charge in [0.05, 0.1) is 29.7 Å². The highest BCUT2D eigenvalue weighted by Crippen LogP contribution is 2.51. The summed E-state index contributed by atoms with van der Waals surface area (Å²) < 4.78 is 5.53. The van der Waals surface area contributed by atoms with Gasteiger partial charge in [-0.25, -0.2) is 4.79 Å². The predicted molar refractivity (Wildman–Crippen MR) is 152 cm³/mol. The van der Waals surface area contributed by atoms with Gasteiger partial charge >= 0.3 is 5.97 Å². The zero-order valence-corrected chi connectivity index (χ0v) is 24.2. The van der Waals surface area contributed by atoms with Gasteiger partial charge in [-0.2, -0.15) is 5.26 Å². The smallest absolute Gasteiger partial charge is 0.341 e. The Labute approximate surface area is 232 Å². The number of ketones is 1. The third-order valence-electron chi connectivity index (χ3n) is 7.65. The third-order valence-corrected chi connectivity index (χ3v) is 10.5. The molecule has 2 N–H and O–H groups in total. The highest BCUT2D eigenvalue weighted by molar-refractivity contribution is 7.17. The van der Waals surface area contributed by atoms with Crippen molar-refractivity contribution in [1.82, 2.24) is 0 Å². The maximum atomic E-state index is 13.6. The molecule has 3 aliphatic rings. The van der Waals surface area contributed by atoms with E-state index in [1.807, 2.05) is 17.9 Å². The van der Waals surface area contributed by atoms with Crippen LogP contribution in [-0.2, 0) is 27.8 Å². The number of allylic oxidation sites excluding steroid dienone is 3. The molecular formula is C30H35N3O3S2. The van der Waals surface area contributed by atoms with E-state index in [4.69, 9.17) is 10.5 Å². The Morgan fingerprint density at radius 1 is 1.13 bits per heavy atom. The van der Waals surface area contributed by atoms with Crippen molar-refractivity contribution < 1.29 is 14.3 Å². The number of aryl methyl sites for hydroxylation is 1. The summed E-state index contributed by atoms with van der Waals surface area (Å²) in [5.74, 6) is -0.460. The molecule has 200 valence electrons. The molecule has 3 heterocycles. The number of nitriles is 1. The molecule has 2 aliphatic carbocycles. The molecule has 1 aliphatic heterocycles. The number of nitrogens with two attached hydrogens (primary N) is 1. The Morgan fingerprint density at radius 3 is 2.58 bits per heavy atom. The molecule has 38 heavy (non-hydrogen) atoms. The van der Waals surface area contributed by atoms with Crippen LogP contribution in [0.2, 0.25) is 0 Å². The molecule has 0 amide bonds. The van der Waals surface area contributed by atoms with Gasteiger partial charge in [0.1, 0.15) is 10.8 Å². The van der Waals surface area contributed by atoms with Crippen molar-refractivity contribution in [2.75, 3.05) is 11.5 Å². The average molecular weight is 550 g/mol. The van der Waals surface area contributed by atoms with Crippen LogP contribution in [0.3, 0.4) is 0 Å². The highest BCUT2D eigenvalue weighted by atomic mass is 32.1. The van der Waals surface area contributed by atoms with Crippen LogP contribution in [0.1, 0.15) is 103 Å². The number of hydrogen-bond acceptors (Lipinski definition) is 8. The maximum Gasteiger partial charge on any atom is 0.341 e. The molecule has 0 bridgehead atoms. The summed E-state index contributed by atoms with van der Waals surface area (Å²) >= 11 is 3.22. The van der Waals surface area contributed by atoms with Gasteiger partial charge in [-0.15, -0.1) is 22.7 Å². The quantitative estimate of drug-likeness (QED) is 0.331. The first-order valence-corrected chi connectivity index (χ1v) is 15.2. The standard InChI is InChI=1S/C30H35N3O3S2/c1-5-36-29(35)25-17-10-7-6-8-13-21(17)38-28(25)33-19-11-9-12-20(34)26(19)24(18(16-31)27(33)32)22-14-15-23(37-22)30(2,3)4/h14-15,24H,5-13,32H2,1-4H3. The van der Waals surface area contributed by atoms with Gasteiger partial charge in [0, 0.05) is 32.3 Å². The van der Waals surface area contributed by atoms with Crippen molar-refractivity contribution in [1.29, 1.82) is 5.26 Å². The van der Waals surface area contributed by atoms with E-state index in [0.29, 0.717) is 46.8 Å². The highest BCUT2D eigenvalue weighted by Gasteiger charge is 2.43. The molecule has 1 unspecified atom stereocenters. The topological polar surface area (TPSA) is 96.4 Å². The summed E-state index contributed by atoms with van der Waals surface area (Å²) in [6, 6.07) is 6.51. The minimum Gasteiger partial charge on any atom is -0.462 e. The molecule has 0 spiro atoms. The summed E-state index contributed by atoms with van der Waals surface area (Å²) in [6.45, 7) is 8.57. The average Bonchev–Trinajstić information content (AvgIpc) is 3.43. The molecule has 0 radical (unpaired) electrons. The Hall–Kier alpha value is -2.89. The number of hydrogen-bond donors (Lipinski definition) is 1. The zero-order chi connectivity index (χ0) is 27.2. The fraction of sp³-hybridized carbons (Fsp3) is 0.500. The molecule has 0 fully saturated rings. The number of thiophene rings is 2. The number of ether oxygens (including phenoxy) is 1. The van der Waals surface area contributed by atoms with Crippen molar-refractivity contribution in [3.63, 3.8) is 0 Å². The van der Waals surface area contributed by atoms with Crippen molar-refractivity contribution in [2.24, 2.45) is 5.73 Å². The third kappa shape index (κ3) is 4.50. The van der Waals surface area contributed by atoms with Crippen molar-refractivity contribution in [3.05, 3.63) is 60.6 Å². The molecule has 0 aromatic carbocycles. The number of rotatable bonds is 4. The van der Waals surface area contributed by atoms with E-state index in [0.717, 1.165) is 48.2 Å². The van der Waals surface area contributed by atoms with Gasteiger partial charge in [-0.1, -0.05) is 27.2 Å². The van der Waals surface area contributed by atoms with Crippen LogP contribution in [0, 0.1) is 11.3 Å². The minimum absolute atomic E-state index is 0.0389. The largest absolute Gasteiger partial charge is 0.462 e. The Kier molecular flexibility index (Phi) is 7.27. The van der Waals surface area contributed by atoms with E-state index in [9.17, 15) is 14.9 Å². The lowest BCUT2D eigenvalue weighted by Gasteiger charge is -2.39. The lowest BCUT2D eigenvalue weighted by Crippen LogP contribution is -2.38. The molecule has 6 nitrogen and oxygen atoms in total. The van der Waals surface area contributed by atoms with E-state index in [1.54, 1.807) is 22.7 Å². The van der Waals surface area contributed by atoms with Gasteiger partial charge in [-0.3, -0.25) is 9.69 Å². The number of carbonyl (C=O) groups is 2. The normalized spacial score (nSPS) is 20.1. The second kappa shape index (κ2) is 10.3. The molecule has 2 aromatic heterocycles. The van der Waals surface area contributed by atoms with Gasteiger partial charge in [0.25, 0.3) is 0 Å². The molecule has 5 rings (SSSR count). The summed E-state index contributed by atoms with van der Waals surface area (Å²) in [5, 5.41) is 11.1. The van der Waals surface area contributed by atoms with Crippen LogP contribution in [0.25, 0.3) is 0 Å². The van der Waals surface area contributed by atoms with Gasteiger partial charge < -0.3 is 10.5 Å². The van der Waals surface area contributed by atoms with E-state index < -0.39 is 5.92 Å². The maximum absolute atomic E-state index is 13.6. The Balaban J connectivity index is 1.73. The zero-order valence-electron chi connectivity index (χ0n) is 22.6. The Bertz CT molecular complexity index is 1400. The second-order valence-electron chi connectivity index (χ2n) is 11.2. The lowest BCUT2D eigenvalue weighted by molar-refractivity contribution is -0.116. The van der Waals surface area contributed by atoms with E-state index in [2.05, 4.69) is 32.9 Å². The second-order valence-corrected chi connectivity index (χ2v) is 13.4. The van der Waals surface area contributed by atoms with Gasteiger partial charge in [-0.05, 0) is 68.6 Å². The molecule has 2 aromatic rings. The van der Waals surface area contributed by atoms with Gasteiger partial charge in [0.15, 0.2) is 5.78 Å². The number of Topliss-reactive ketones (excluding diaryl/α,β-unsaturated/α-hetero) is 1. The number of fused-ring (bicyclic) bond motifs is 1. The van der Waals surface area contributed by atoms with Crippen LogP contribution in [-0.4, -0.2) is 18.4 Å². The van der Waals surface area contributed by atoms with E-state index in [1.165, 1.54) is 9.75 Å². The van der Waals surface area contributed by atoms with E-state index >= 15 is 0 Å². The number of nitrogens with zero attached hydrogens (tertiary/aromatic N) is 2. The molecule has 0 saturated heterocycles. The number of carbonyl (C=O) groups excluding carboxylic acids is 2. The summed E-state index contributed by atoms with van der Waals surface area (Å²) in [6.07, 6.45) is 6.79. The molecule has 8 heteroatoms. The first kappa shape index (κ1) is 26.7. The van der Waals surface area contributed by atoms with Crippen LogP contribution < -0.4 is 10.6 Å². The number of esters is 1. The van der Waals surface area contributed by atoms with Crippen molar-refractivity contribution in [3.8, 4) is 6.07 Å². The summed E-state index contributed by atoms with van der Waals surface area (Å²) in [7, 11) is 0. The SMILES string of the molecule is CCOC(=O)c1c(N2C(N)=C(C#N)C(c3ccc(C(C)(C)C)s3)C3=C2CCCC3=O)sc2c1CCCCC2. The Morgan fingerprint density at radius 2 is 1.89 bits per heavy atom. The van der Waals surface area contributed by atoms with E-state index in [-0.39, 0.29) is 23.8 Å². The monoisotopic (exact) mass is 549 g/mol.